The van der Waals surface area contributed by atoms with Crippen LogP contribution in [0.1, 0.15) is 45.0 Å². The van der Waals surface area contributed by atoms with Crippen LogP contribution in [0.25, 0.3) is 0 Å². The lowest BCUT2D eigenvalue weighted by molar-refractivity contribution is 0.0526. The van der Waals surface area contributed by atoms with Gasteiger partial charge in [-0.2, -0.15) is 0 Å². The highest BCUT2D eigenvalue weighted by Gasteiger charge is 2.29. The van der Waals surface area contributed by atoms with Gasteiger partial charge in [0.25, 0.3) is 5.91 Å². The smallest absolute Gasteiger partial charge is 0.341 e. The van der Waals surface area contributed by atoms with Crippen molar-refractivity contribution < 1.29 is 14.3 Å². The van der Waals surface area contributed by atoms with Gasteiger partial charge in [-0.15, -0.1) is 23.1 Å². The molecule has 144 valence electrons. The summed E-state index contributed by atoms with van der Waals surface area (Å²) in [4.78, 5) is 29.9. The Morgan fingerprint density at radius 1 is 1.33 bits per heavy atom. The lowest BCUT2D eigenvalue weighted by atomic mass is 10.0. The maximum atomic E-state index is 12.8. The second-order valence-electron chi connectivity index (χ2n) is 6.23. The number of hydrogen-bond acceptors (Lipinski definition) is 6. The van der Waals surface area contributed by atoms with Crippen molar-refractivity contribution in [2.24, 2.45) is 0 Å². The molecule has 3 rings (SSSR count). The molecule has 0 bridgehead atoms. The minimum atomic E-state index is -0.354. The van der Waals surface area contributed by atoms with E-state index >= 15 is 0 Å². The van der Waals surface area contributed by atoms with Gasteiger partial charge in [0.15, 0.2) is 0 Å². The summed E-state index contributed by atoms with van der Waals surface area (Å²) in [5.41, 5.74) is 2.14. The first-order chi connectivity index (χ1) is 13.1. The molecular formula is C20H24N2O3S2. The number of fused-ring (bicyclic) bond motifs is 1. The van der Waals surface area contributed by atoms with Gasteiger partial charge in [-0.05, 0) is 49.9 Å². The number of nitrogens with zero attached hydrogens (tertiary/aromatic N) is 1. The highest BCUT2D eigenvalue weighted by atomic mass is 32.2. The zero-order valence-corrected chi connectivity index (χ0v) is 17.5. The monoisotopic (exact) mass is 404 g/mol. The van der Waals surface area contributed by atoms with E-state index in [2.05, 4.69) is 17.1 Å². The van der Waals surface area contributed by atoms with E-state index in [9.17, 15) is 9.59 Å². The van der Waals surface area contributed by atoms with E-state index in [-0.39, 0.29) is 11.9 Å². The predicted molar refractivity (Wildman–Crippen MR) is 111 cm³/mol. The molecule has 0 atom stereocenters. The minimum absolute atomic E-state index is 0.206. The molecule has 1 aromatic heterocycles. The normalized spacial score (nSPS) is 13.9. The van der Waals surface area contributed by atoms with Gasteiger partial charge in [0.2, 0.25) is 0 Å². The van der Waals surface area contributed by atoms with Gasteiger partial charge in [-0.1, -0.05) is 13.0 Å². The van der Waals surface area contributed by atoms with Crippen LogP contribution in [-0.4, -0.2) is 42.7 Å². The van der Waals surface area contributed by atoms with Crippen molar-refractivity contribution in [1.29, 1.82) is 0 Å². The molecule has 2 heterocycles. The average Bonchev–Trinajstić information content (AvgIpc) is 3.04. The molecule has 1 aliphatic heterocycles. The fourth-order valence-corrected chi connectivity index (χ4v) is 4.91. The van der Waals surface area contributed by atoms with Crippen LogP contribution in [0.2, 0.25) is 0 Å². The molecule has 2 aromatic rings. The summed E-state index contributed by atoms with van der Waals surface area (Å²) in [6.45, 7) is 6.92. The first-order valence-electron chi connectivity index (χ1n) is 9.06. The number of hydrogen-bond donors (Lipinski definition) is 1. The quantitative estimate of drug-likeness (QED) is 0.575. The van der Waals surface area contributed by atoms with Crippen LogP contribution >= 0.6 is 23.1 Å². The molecule has 27 heavy (non-hydrogen) atoms. The van der Waals surface area contributed by atoms with Gasteiger partial charge in [0.05, 0.1) is 12.2 Å². The number of benzene rings is 1. The van der Waals surface area contributed by atoms with E-state index in [1.54, 1.807) is 24.8 Å². The summed E-state index contributed by atoms with van der Waals surface area (Å²) in [6, 6.07) is 7.47. The van der Waals surface area contributed by atoms with Crippen LogP contribution in [0.4, 0.5) is 5.00 Å². The summed E-state index contributed by atoms with van der Waals surface area (Å²) >= 11 is 3.08. The predicted octanol–water partition coefficient (Wildman–Crippen LogP) is 4.28. The summed E-state index contributed by atoms with van der Waals surface area (Å²) in [7, 11) is 0. The summed E-state index contributed by atoms with van der Waals surface area (Å²) in [5.74, 6) is -0.560. The van der Waals surface area contributed by atoms with E-state index in [0.717, 1.165) is 41.4 Å². The second-order valence-corrected chi connectivity index (χ2v) is 8.22. The van der Waals surface area contributed by atoms with Crippen LogP contribution in [-0.2, 0) is 17.7 Å². The molecule has 5 nitrogen and oxygen atoms in total. The molecule has 7 heteroatoms. The summed E-state index contributed by atoms with van der Waals surface area (Å²) in [5, 5.41) is 3.55. The number of amides is 1. The van der Waals surface area contributed by atoms with Crippen LogP contribution in [0.5, 0.6) is 0 Å². The van der Waals surface area contributed by atoms with E-state index in [1.807, 2.05) is 24.5 Å². The largest absolute Gasteiger partial charge is 0.462 e. The molecule has 0 saturated heterocycles. The van der Waals surface area contributed by atoms with E-state index in [4.69, 9.17) is 4.74 Å². The first-order valence-corrected chi connectivity index (χ1v) is 11.1. The summed E-state index contributed by atoms with van der Waals surface area (Å²) < 4.78 is 5.27. The third-order valence-corrected chi connectivity index (χ3v) is 6.48. The van der Waals surface area contributed by atoms with Crippen molar-refractivity contribution >= 4 is 40.0 Å². The second kappa shape index (κ2) is 8.91. The first kappa shape index (κ1) is 19.9. The van der Waals surface area contributed by atoms with Crippen molar-refractivity contribution in [3.63, 3.8) is 0 Å². The molecule has 0 unspecified atom stereocenters. The van der Waals surface area contributed by atoms with Crippen molar-refractivity contribution in [3.05, 3.63) is 45.8 Å². The Hall–Kier alpha value is -1.83. The van der Waals surface area contributed by atoms with Crippen molar-refractivity contribution in [2.75, 3.05) is 31.3 Å². The van der Waals surface area contributed by atoms with Crippen molar-refractivity contribution in [3.8, 4) is 0 Å². The van der Waals surface area contributed by atoms with Gasteiger partial charge in [0.1, 0.15) is 5.00 Å². The number of likely N-dealkylation sites (N-methyl/N-ethyl adjacent to an activating group) is 1. The van der Waals surface area contributed by atoms with Gasteiger partial charge in [-0.25, -0.2) is 4.79 Å². The average molecular weight is 405 g/mol. The Morgan fingerprint density at radius 3 is 2.85 bits per heavy atom. The molecule has 0 aliphatic carbocycles. The third-order valence-electron chi connectivity index (χ3n) is 4.62. The Labute approximate surface area is 168 Å². The van der Waals surface area contributed by atoms with Crippen molar-refractivity contribution in [1.82, 2.24) is 4.90 Å². The molecule has 1 amide bonds. The fraction of sp³-hybridized carbons (Fsp3) is 0.400. The summed E-state index contributed by atoms with van der Waals surface area (Å²) in [6.07, 6.45) is 2.77. The number of carbonyl (C=O) groups is 2. The number of esters is 1. The Morgan fingerprint density at radius 2 is 2.15 bits per heavy atom. The standard InChI is InChI=1S/C20H24N2O3S2/c1-4-22-10-9-15-16(12-22)27-19(17(15)20(24)25-5-2)21-18(23)13-7-6-8-14(11-13)26-3/h6-8,11H,4-5,9-10,12H2,1-3H3,(H,21,23). The maximum Gasteiger partial charge on any atom is 0.341 e. The van der Waals surface area contributed by atoms with Gasteiger partial charge in [-0.3, -0.25) is 9.69 Å². The van der Waals surface area contributed by atoms with Crippen LogP contribution in [0.15, 0.2) is 29.2 Å². The van der Waals surface area contributed by atoms with Gasteiger partial charge >= 0.3 is 5.97 Å². The van der Waals surface area contributed by atoms with Crippen LogP contribution in [0, 0.1) is 0 Å². The zero-order chi connectivity index (χ0) is 19.4. The van der Waals surface area contributed by atoms with E-state index in [0.29, 0.717) is 22.7 Å². The SMILES string of the molecule is CCOC(=O)c1c(NC(=O)c2cccc(SC)c2)sc2c1CCN(CC)C2. The zero-order valence-electron chi connectivity index (χ0n) is 15.8. The molecule has 0 radical (unpaired) electrons. The number of thiophene rings is 1. The number of rotatable bonds is 6. The molecule has 1 N–H and O–H groups in total. The number of nitrogens with one attached hydrogen (secondary N) is 1. The fourth-order valence-electron chi connectivity index (χ4n) is 3.17. The molecule has 0 saturated carbocycles. The maximum absolute atomic E-state index is 12.8. The molecule has 0 fully saturated rings. The molecule has 1 aliphatic rings. The topological polar surface area (TPSA) is 58.6 Å². The van der Waals surface area contributed by atoms with E-state index in [1.165, 1.54) is 11.3 Å². The number of thioether (sulfide) groups is 1. The lowest BCUT2D eigenvalue weighted by Crippen LogP contribution is -2.30. The Balaban J connectivity index is 1.92. The highest BCUT2D eigenvalue weighted by Crippen LogP contribution is 2.38. The highest BCUT2D eigenvalue weighted by molar-refractivity contribution is 7.98. The molecular weight excluding hydrogens is 380 g/mol. The Bertz CT molecular complexity index is 848. The van der Waals surface area contributed by atoms with Crippen LogP contribution < -0.4 is 5.32 Å². The minimum Gasteiger partial charge on any atom is -0.462 e. The van der Waals surface area contributed by atoms with Crippen molar-refractivity contribution in [2.45, 2.75) is 31.7 Å². The van der Waals surface area contributed by atoms with Gasteiger partial charge in [0, 0.05) is 28.4 Å². The number of ether oxygens (including phenoxy) is 1. The lowest BCUT2D eigenvalue weighted by Gasteiger charge is -2.25. The van der Waals surface area contributed by atoms with Crippen LogP contribution in [0.3, 0.4) is 0 Å². The Kier molecular flexibility index (Phi) is 6.57. The molecule has 1 aromatic carbocycles. The number of anilines is 1. The van der Waals surface area contributed by atoms with Gasteiger partial charge < -0.3 is 10.1 Å². The van der Waals surface area contributed by atoms with E-state index < -0.39 is 0 Å². The molecule has 0 spiro atoms. The number of carbonyl (C=O) groups excluding carboxylic acids is 2. The third kappa shape index (κ3) is 4.36.